The Labute approximate surface area is 146 Å². The van der Waals surface area contributed by atoms with Crippen molar-refractivity contribution in [2.24, 2.45) is 5.73 Å². The van der Waals surface area contributed by atoms with Crippen molar-refractivity contribution >= 4 is 11.8 Å². The minimum atomic E-state index is -0.662. The van der Waals surface area contributed by atoms with E-state index < -0.39 is 5.91 Å². The van der Waals surface area contributed by atoms with Crippen molar-refractivity contribution in [3.05, 3.63) is 59.7 Å². The highest BCUT2D eigenvalue weighted by molar-refractivity contribution is 5.93. The molecular weight excluding hydrogens is 316 g/mol. The molecule has 1 aromatic heterocycles. The van der Waals surface area contributed by atoms with E-state index in [1.165, 1.54) is 24.4 Å². The van der Waals surface area contributed by atoms with Crippen LogP contribution in [0.4, 0.5) is 0 Å². The van der Waals surface area contributed by atoms with Gasteiger partial charge in [0.2, 0.25) is 0 Å². The second-order valence-corrected chi connectivity index (χ2v) is 6.54. The van der Waals surface area contributed by atoms with Crippen molar-refractivity contribution in [3.63, 3.8) is 0 Å². The predicted molar refractivity (Wildman–Crippen MR) is 94.1 cm³/mol. The van der Waals surface area contributed by atoms with Crippen LogP contribution in [0.2, 0.25) is 0 Å². The maximum atomic E-state index is 12.4. The summed E-state index contributed by atoms with van der Waals surface area (Å²) in [5, 5.41) is 3.00. The van der Waals surface area contributed by atoms with Crippen molar-refractivity contribution in [3.8, 4) is 0 Å². The van der Waals surface area contributed by atoms with Crippen LogP contribution in [0, 0.1) is 0 Å². The zero-order chi connectivity index (χ0) is 17.7. The third-order valence-electron chi connectivity index (χ3n) is 4.92. The summed E-state index contributed by atoms with van der Waals surface area (Å²) in [6, 6.07) is 10.4. The van der Waals surface area contributed by atoms with E-state index in [9.17, 15) is 9.59 Å². The maximum Gasteiger partial charge on any atom is 0.271 e. The van der Waals surface area contributed by atoms with Gasteiger partial charge >= 0.3 is 0 Å². The first-order valence-electron chi connectivity index (χ1n) is 8.56. The molecule has 6 heteroatoms. The summed E-state index contributed by atoms with van der Waals surface area (Å²) in [6.45, 7) is 0.565. The quantitative estimate of drug-likeness (QED) is 0.873. The maximum absolute atomic E-state index is 12.4. The molecule has 0 atom stereocenters. The molecule has 130 valence electrons. The lowest BCUT2D eigenvalue weighted by molar-refractivity contribution is 0.0928. The number of primary amides is 1. The number of carbonyl (C=O) groups excluding carboxylic acids is 2. The van der Waals surface area contributed by atoms with Crippen LogP contribution >= 0.6 is 0 Å². The molecule has 3 N–H and O–H groups in total. The van der Waals surface area contributed by atoms with Gasteiger partial charge < -0.3 is 11.1 Å². The number of nitrogens with one attached hydrogen (secondary N) is 1. The Morgan fingerprint density at radius 1 is 1.00 bits per heavy atom. The highest BCUT2D eigenvalue weighted by Gasteiger charge is 2.34. The molecular formula is C19H22N4O2. The van der Waals surface area contributed by atoms with Crippen LogP contribution in [-0.2, 0) is 5.41 Å². The Kier molecular flexibility index (Phi) is 5.07. The number of carbonyl (C=O) groups is 2. The Bertz CT molecular complexity index is 738. The van der Waals surface area contributed by atoms with Crippen LogP contribution in [-0.4, -0.2) is 28.3 Å². The van der Waals surface area contributed by atoms with E-state index in [0.29, 0.717) is 6.54 Å². The van der Waals surface area contributed by atoms with Gasteiger partial charge in [-0.25, -0.2) is 9.97 Å². The lowest BCUT2D eigenvalue weighted by Gasteiger charge is -2.38. The Hall–Kier alpha value is -2.76. The number of aromatic nitrogens is 2. The molecule has 3 rings (SSSR count). The van der Waals surface area contributed by atoms with E-state index in [4.69, 9.17) is 5.73 Å². The molecule has 6 nitrogen and oxygen atoms in total. The molecule has 0 bridgehead atoms. The van der Waals surface area contributed by atoms with E-state index in [0.717, 1.165) is 25.7 Å². The Morgan fingerprint density at radius 3 is 2.24 bits per heavy atom. The minimum Gasteiger partial charge on any atom is -0.364 e. The number of hydrogen-bond donors (Lipinski definition) is 2. The second-order valence-electron chi connectivity index (χ2n) is 6.54. The molecule has 2 amide bonds. The molecule has 25 heavy (non-hydrogen) atoms. The molecule has 0 saturated heterocycles. The molecule has 1 saturated carbocycles. The van der Waals surface area contributed by atoms with E-state index in [1.807, 2.05) is 18.2 Å². The fraction of sp³-hybridized carbons (Fsp3) is 0.368. The van der Waals surface area contributed by atoms with Gasteiger partial charge in [0, 0.05) is 12.0 Å². The van der Waals surface area contributed by atoms with Gasteiger partial charge in [-0.1, -0.05) is 49.6 Å². The first-order chi connectivity index (χ1) is 12.1. The van der Waals surface area contributed by atoms with E-state index in [-0.39, 0.29) is 22.7 Å². The smallest absolute Gasteiger partial charge is 0.271 e. The molecule has 0 spiro atoms. The van der Waals surface area contributed by atoms with Gasteiger partial charge in [-0.2, -0.15) is 0 Å². The van der Waals surface area contributed by atoms with E-state index in [2.05, 4.69) is 27.4 Å². The third kappa shape index (κ3) is 3.84. The summed E-state index contributed by atoms with van der Waals surface area (Å²) in [5.74, 6) is -0.950. The van der Waals surface area contributed by atoms with E-state index >= 15 is 0 Å². The molecule has 1 aliphatic carbocycles. The van der Waals surface area contributed by atoms with Crippen molar-refractivity contribution in [1.82, 2.24) is 15.3 Å². The number of nitrogens with two attached hydrogens (primary N) is 1. The van der Waals surface area contributed by atoms with Crippen LogP contribution in [0.25, 0.3) is 0 Å². The topological polar surface area (TPSA) is 98.0 Å². The number of hydrogen-bond acceptors (Lipinski definition) is 4. The van der Waals surface area contributed by atoms with Crippen LogP contribution < -0.4 is 11.1 Å². The average Bonchev–Trinajstić information content (AvgIpc) is 2.67. The van der Waals surface area contributed by atoms with Crippen LogP contribution in [0.3, 0.4) is 0 Å². The molecule has 1 aromatic carbocycles. The predicted octanol–water partition coefficient (Wildman–Crippen LogP) is 2.21. The lowest BCUT2D eigenvalue weighted by atomic mass is 9.69. The van der Waals surface area contributed by atoms with Gasteiger partial charge in [-0.05, 0) is 18.4 Å². The summed E-state index contributed by atoms with van der Waals surface area (Å²) < 4.78 is 0. The normalized spacial score (nSPS) is 16.2. The van der Waals surface area contributed by atoms with Crippen molar-refractivity contribution < 1.29 is 9.59 Å². The SMILES string of the molecule is NC(=O)c1cnc(C(=O)NCC2(c3ccccc3)CCCCC2)cn1. The van der Waals surface area contributed by atoms with Crippen LogP contribution in [0.5, 0.6) is 0 Å². The summed E-state index contributed by atoms with van der Waals surface area (Å²) in [6.07, 6.45) is 8.20. The molecule has 1 heterocycles. The van der Waals surface area contributed by atoms with E-state index in [1.54, 1.807) is 0 Å². The molecule has 1 fully saturated rings. The number of nitrogens with zero attached hydrogens (tertiary/aromatic N) is 2. The van der Waals surface area contributed by atoms with Gasteiger partial charge in [0.1, 0.15) is 11.4 Å². The highest BCUT2D eigenvalue weighted by atomic mass is 16.2. The fourth-order valence-corrected chi connectivity index (χ4v) is 3.50. The summed E-state index contributed by atoms with van der Waals surface area (Å²) in [4.78, 5) is 31.3. The minimum absolute atomic E-state index is 0.0320. The van der Waals surface area contributed by atoms with Crippen LogP contribution in [0.15, 0.2) is 42.7 Å². The van der Waals surface area contributed by atoms with Crippen molar-refractivity contribution in [2.45, 2.75) is 37.5 Å². The zero-order valence-corrected chi connectivity index (χ0v) is 14.1. The first kappa shape index (κ1) is 17.1. The van der Waals surface area contributed by atoms with Crippen molar-refractivity contribution in [1.29, 1.82) is 0 Å². The molecule has 0 unspecified atom stereocenters. The molecule has 0 radical (unpaired) electrons. The summed E-state index contributed by atoms with van der Waals surface area (Å²) >= 11 is 0. The van der Waals surface area contributed by atoms with Gasteiger partial charge in [0.05, 0.1) is 12.4 Å². The number of rotatable bonds is 5. The van der Waals surface area contributed by atoms with Gasteiger partial charge in [0.15, 0.2) is 0 Å². The molecule has 0 aliphatic heterocycles. The second kappa shape index (κ2) is 7.42. The van der Waals surface area contributed by atoms with Gasteiger partial charge in [-0.3, -0.25) is 9.59 Å². The molecule has 1 aliphatic rings. The fourth-order valence-electron chi connectivity index (χ4n) is 3.50. The van der Waals surface area contributed by atoms with Gasteiger partial charge in [0.25, 0.3) is 11.8 Å². The number of benzene rings is 1. The van der Waals surface area contributed by atoms with Gasteiger partial charge in [-0.15, -0.1) is 0 Å². The Morgan fingerprint density at radius 2 is 1.64 bits per heavy atom. The van der Waals surface area contributed by atoms with Crippen molar-refractivity contribution in [2.75, 3.05) is 6.54 Å². The summed E-state index contributed by atoms with van der Waals surface area (Å²) in [5.41, 5.74) is 6.60. The standard InChI is InChI=1S/C19H22N4O2/c20-17(24)15-11-22-16(12-21-15)18(25)23-13-19(9-5-2-6-10-19)14-7-3-1-4-8-14/h1,3-4,7-8,11-12H,2,5-6,9-10,13H2,(H2,20,24)(H,23,25). The highest BCUT2D eigenvalue weighted by Crippen LogP contribution is 2.38. The van der Waals surface area contributed by atoms with Crippen LogP contribution in [0.1, 0.15) is 58.6 Å². The zero-order valence-electron chi connectivity index (χ0n) is 14.1. The third-order valence-corrected chi connectivity index (χ3v) is 4.92. The monoisotopic (exact) mass is 338 g/mol. The average molecular weight is 338 g/mol. The number of amides is 2. The largest absolute Gasteiger partial charge is 0.364 e. The molecule has 2 aromatic rings. The Balaban J connectivity index is 1.72. The lowest BCUT2D eigenvalue weighted by Crippen LogP contribution is -2.42. The summed E-state index contributed by atoms with van der Waals surface area (Å²) in [7, 11) is 0. The first-order valence-corrected chi connectivity index (χ1v) is 8.56.